The van der Waals surface area contributed by atoms with Crippen LogP contribution in [0.5, 0.6) is 5.75 Å². The van der Waals surface area contributed by atoms with Gasteiger partial charge in [-0.15, -0.1) is 0 Å². The molecule has 0 aliphatic heterocycles. The number of ether oxygens (including phenoxy) is 1. The predicted molar refractivity (Wildman–Crippen MR) is 137 cm³/mol. The van der Waals surface area contributed by atoms with Crippen LogP contribution < -0.4 is 26.4 Å². The molecule has 0 bridgehead atoms. The third-order valence-electron chi connectivity index (χ3n) is 5.49. The fraction of sp³-hybridized carbons (Fsp3) is 0.364. The molecule has 0 spiro atoms. The molecule has 174 valence electrons. The van der Waals surface area contributed by atoms with Crippen molar-refractivity contribution < 1.29 is 9.53 Å². The molecule has 5 N–H and O–H groups in total. The van der Waals surface area contributed by atoms with Gasteiger partial charge in [0.1, 0.15) is 5.75 Å². The van der Waals surface area contributed by atoms with Gasteiger partial charge < -0.3 is 26.4 Å². The number of nitrogens with zero attached hydrogens (tertiary/aromatic N) is 4. The fourth-order valence-electron chi connectivity index (χ4n) is 3.87. The Labute approximate surface area is 205 Å². The van der Waals surface area contributed by atoms with E-state index in [2.05, 4.69) is 31.0 Å². The van der Waals surface area contributed by atoms with Crippen molar-refractivity contribution in [2.24, 2.45) is 0 Å². The van der Waals surface area contributed by atoms with Gasteiger partial charge in [0.05, 0.1) is 36.4 Å². The van der Waals surface area contributed by atoms with Crippen LogP contribution in [0.15, 0.2) is 42.9 Å². The summed E-state index contributed by atoms with van der Waals surface area (Å²) in [5.74, 6) is 1.74. The molecule has 2 aromatic heterocycles. The van der Waals surface area contributed by atoms with Crippen molar-refractivity contribution in [2.45, 2.75) is 44.7 Å². The van der Waals surface area contributed by atoms with E-state index in [9.17, 15) is 4.79 Å². The monoisotopic (exact) mass is 562 g/mol. The number of aromatic nitrogens is 4. The van der Waals surface area contributed by atoms with Crippen LogP contribution in [0.3, 0.4) is 0 Å². The largest absolute Gasteiger partial charge is 0.494 e. The number of amides is 1. The maximum Gasteiger partial charge on any atom is 0.280 e. The molecule has 0 saturated heterocycles. The first kappa shape index (κ1) is 23.1. The molecule has 1 aromatic carbocycles. The number of hydrogen-bond acceptors (Lipinski definition) is 8. The van der Waals surface area contributed by atoms with E-state index < -0.39 is 0 Å². The second-order valence-corrected chi connectivity index (χ2v) is 8.82. The van der Waals surface area contributed by atoms with E-state index >= 15 is 0 Å². The summed E-state index contributed by atoms with van der Waals surface area (Å²) in [7, 11) is 0. The summed E-state index contributed by atoms with van der Waals surface area (Å²) < 4.78 is 7.45. The number of rotatable bonds is 8. The van der Waals surface area contributed by atoms with Crippen LogP contribution in [0.2, 0.25) is 0 Å². The lowest BCUT2D eigenvalue weighted by Gasteiger charge is -2.28. The topological polar surface area (TPSA) is 132 Å². The Kier molecular flexibility index (Phi) is 7.47. The molecule has 1 amide bonds. The Morgan fingerprint density at radius 1 is 1.15 bits per heavy atom. The molecule has 10 nitrogen and oxygen atoms in total. The van der Waals surface area contributed by atoms with E-state index in [1.54, 1.807) is 35.0 Å². The smallest absolute Gasteiger partial charge is 0.280 e. The molecule has 1 saturated carbocycles. The summed E-state index contributed by atoms with van der Waals surface area (Å²) in [5, 5.41) is 13.9. The van der Waals surface area contributed by atoms with Gasteiger partial charge in [-0.2, -0.15) is 10.1 Å². The van der Waals surface area contributed by atoms with E-state index in [4.69, 9.17) is 10.5 Å². The van der Waals surface area contributed by atoms with Gasteiger partial charge in [-0.1, -0.05) is 0 Å². The molecule has 0 atom stereocenters. The van der Waals surface area contributed by atoms with Crippen LogP contribution in [0.4, 0.5) is 33.6 Å². The minimum absolute atomic E-state index is 0.00140. The van der Waals surface area contributed by atoms with Gasteiger partial charge in [-0.3, -0.25) is 9.48 Å². The summed E-state index contributed by atoms with van der Waals surface area (Å²) in [5.41, 5.74) is 8.16. The number of nitrogen functional groups attached to an aromatic ring is 1. The van der Waals surface area contributed by atoms with Gasteiger partial charge in [0, 0.05) is 40.5 Å². The number of halogens is 1. The minimum Gasteiger partial charge on any atom is -0.494 e. The Morgan fingerprint density at radius 3 is 2.61 bits per heavy atom. The molecular weight excluding hydrogens is 535 g/mol. The summed E-state index contributed by atoms with van der Waals surface area (Å²) in [6, 6.07) is 8.16. The van der Waals surface area contributed by atoms with Crippen molar-refractivity contribution in [3.05, 3.63) is 42.9 Å². The molecule has 1 aliphatic rings. The van der Waals surface area contributed by atoms with Crippen LogP contribution in [-0.4, -0.2) is 36.3 Å². The first-order valence-electron chi connectivity index (χ1n) is 10.9. The number of benzene rings is 1. The van der Waals surface area contributed by atoms with Crippen LogP contribution in [0, 0.1) is 0 Å². The summed E-state index contributed by atoms with van der Waals surface area (Å²) in [6.45, 7) is 2.57. The highest BCUT2D eigenvalue weighted by atomic mass is 127. The minimum atomic E-state index is 0.00140. The first-order valence-corrected chi connectivity index (χ1v) is 12.0. The van der Waals surface area contributed by atoms with E-state index in [1.165, 1.54) is 0 Å². The molecule has 2 heterocycles. The lowest BCUT2D eigenvalue weighted by molar-refractivity contribution is 0.246. The van der Waals surface area contributed by atoms with Crippen LogP contribution in [0.25, 0.3) is 0 Å². The fourth-order valence-corrected chi connectivity index (χ4v) is 4.31. The summed E-state index contributed by atoms with van der Waals surface area (Å²) in [6.07, 6.45) is 9.13. The molecule has 11 heteroatoms. The van der Waals surface area contributed by atoms with Gasteiger partial charge in [0.2, 0.25) is 5.95 Å². The van der Waals surface area contributed by atoms with E-state index in [-0.39, 0.29) is 9.96 Å². The molecule has 1 fully saturated rings. The number of nitrogens with two attached hydrogens (primary N) is 1. The number of nitrogens with one attached hydrogen (secondary N) is 3. The normalized spacial score (nSPS) is 17.9. The Morgan fingerprint density at radius 2 is 1.91 bits per heavy atom. The van der Waals surface area contributed by atoms with Crippen molar-refractivity contribution in [3.63, 3.8) is 0 Å². The zero-order chi connectivity index (χ0) is 23.2. The summed E-state index contributed by atoms with van der Waals surface area (Å²) in [4.78, 5) is 20.0. The average molecular weight is 562 g/mol. The molecule has 3 aromatic rings. The van der Waals surface area contributed by atoms with Gasteiger partial charge in [0.25, 0.3) is 3.91 Å². The summed E-state index contributed by atoms with van der Waals surface area (Å²) >= 11 is 1.78. The number of carbonyl (C=O) groups is 1. The zero-order valence-electron chi connectivity index (χ0n) is 18.3. The Bertz CT molecular complexity index is 1080. The predicted octanol–water partition coefficient (Wildman–Crippen LogP) is 4.77. The standard InChI is InChI=1S/C22H27IN8O2/c1-2-33-18-9-5-14(6-10-18)27-20-19(24)12-25-22(30-20)29-16-11-26-31(13-16)17-7-3-15(4-8-17)28-21(23)32/h5-6,9-13,15,17H,2-4,7-8,24H2,1H3,(H,28,32)(H2,25,27,29,30). The molecule has 33 heavy (non-hydrogen) atoms. The Hall–Kier alpha value is -3.09. The highest BCUT2D eigenvalue weighted by Crippen LogP contribution is 2.30. The first-order chi connectivity index (χ1) is 16.0. The van der Waals surface area contributed by atoms with E-state index in [1.807, 2.05) is 42.1 Å². The molecule has 0 unspecified atom stereocenters. The van der Waals surface area contributed by atoms with E-state index in [0.717, 1.165) is 42.8 Å². The molecule has 1 aliphatic carbocycles. The highest BCUT2D eigenvalue weighted by molar-refractivity contribution is 14.1. The second-order valence-electron chi connectivity index (χ2n) is 7.84. The lowest BCUT2D eigenvalue weighted by Crippen LogP contribution is -2.35. The van der Waals surface area contributed by atoms with E-state index in [0.29, 0.717) is 30.1 Å². The van der Waals surface area contributed by atoms with Gasteiger partial charge in [0.15, 0.2) is 5.82 Å². The van der Waals surface area contributed by atoms with Gasteiger partial charge >= 0.3 is 0 Å². The number of anilines is 5. The molecule has 0 radical (unpaired) electrons. The van der Waals surface area contributed by atoms with Crippen molar-refractivity contribution in [1.29, 1.82) is 0 Å². The third-order valence-corrected chi connectivity index (χ3v) is 5.80. The number of carbonyl (C=O) groups excluding carboxylic acids is 1. The van der Waals surface area contributed by atoms with Crippen molar-refractivity contribution in [1.82, 2.24) is 25.1 Å². The third kappa shape index (κ3) is 6.24. The van der Waals surface area contributed by atoms with Crippen molar-refractivity contribution in [2.75, 3.05) is 23.0 Å². The lowest BCUT2D eigenvalue weighted by atomic mass is 9.91. The van der Waals surface area contributed by atoms with Crippen molar-refractivity contribution >= 4 is 55.3 Å². The highest BCUT2D eigenvalue weighted by Gasteiger charge is 2.23. The van der Waals surface area contributed by atoms with Crippen LogP contribution in [-0.2, 0) is 0 Å². The van der Waals surface area contributed by atoms with Crippen molar-refractivity contribution in [3.8, 4) is 5.75 Å². The maximum atomic E-state index is 11.2. The zero-order valence-corrected chi connectivity index (χ0v) is 20.4. The Balaban J connectivity index is 1.38. The van der Waals surface area contributed by atoms with Crippen LogP contribution >= 0.6 is 22.6 Å². The van der Waals surface area contributed by atoms with Gasteiger partial charge in [-0.05, 0) is 56.9 Å². The maximum absolute atomic E-state index is 11.2. The molecule has 4 rings (SSSR count). The molecular formula is C22H27IN8O2. The van der Waals surface area contributed by atoms with Crippen LogP contribution in [0.1, 0.15) is 38.6 Å². The average Bonchev–Trinajstić information content (AvgIpc) is 3.26. The quantitative estimate of drug-likeness (QED) is 0.176. The van der Waals surface area contributed by atoms with Gasteiger partial charge in [-0.25, -0.2) is 4.98 Å². The second kappa shape index (κ2) is 10.7. The SMILES string of the molecule is CCOc1ccc(Nc2nc(Nc3cnn(C4CCC(NC(=O)I)CC4)c3)ncc2N)cc1. The number of hydrogen-bond donors (Lipinski definition) is 4.